The Bertz CT molecular complexity index is 96.3. The minimum Gasteiger partial charge on any atom is -0.301 e. The lowest BCUT2D eigenvalue weighted by atomic mass is 10.3. The van der Waals surface area contributed by atoms with Crippen molar-refractivity contribution in [1.82, 2.24) is 4.90 Å². The lowest BCUT2D eigenvalue weighted by Gasteiger charge is -2.13. The Kier molecular flexibility index (Phi) is 3.83. The monoisotopic (exact) mass is 159 g/mol. The van der Waals surface area contributed by atoms with Gasteiger partial charge in [-0.2, -0.15) is 0 Å². The van der Waals surface area contributed by atoms with Gasteiger partial charge in [0.2, 0.25) is 0 Å². The minimum atomic E-state index is 0.298. The Morgan fingerprint density at radius 3 is 3.00 bits per heavy atom. The summed E-state index contributed by atoms with van der Waals surface area (Å²) in [4.78, 5) is 12.1. The molecule has 1 saturated heterocycles. The fourth-order valence-corrected chi connectivity index (χ4v) is 1.53. The Labute approximate surface area is 68.2 Å². The summed E-state index contributed by atoms with van der Waals surface area (Å²) >= 11 is 0. The van der Waals surface area contributed by atoms with Gasteiger partial charge in [0, 0.05) is 13.1 Å². The predicted octanol–water partition coefficient (Wildman–Crippen LogP) is 1.05. The first-order valence-corrected chi connectivity index (χ1v) is 4.28. The van der Waals surface area contributed by atoms with E-state index in [-0.39, 0.29) is 0 Å². The van der Waals surface area contributed by atoms with E-state index in [1.807, 2.05) is 0 Å². The number of rotatable bonds is 4. The molecule has 0 unspecified atom stereocenters. The summed E-state index contributed by atoms with van der Waals surface area (Å²) in [6.45, 7) is 5.57. The summed E-state index contributed by atoms with van der Waals surface area (Å²) in [7, 11) is 1.57. The summed E-state index contributed by atoms with van der Waals surface area (Å²) in [5.41, 5.74) is 0. The molecule has 1 atom stereocenters. The molecule has 1 aliphatic heterocycles. The molecule has 0 amide bonds. The Morgan fingerprint density at radius 1 is 1.55 bits per heavy atom. The van der Waals surface area contributed by atoms with Crippen LogP contribution in [0.15, 0.2) is 0 Å². The van der Waals surface area contributed by atoms with Crippen molar-refractivity contribution in [1.29, 1.82) is 0 Å². The van der Waals surface area contributed by atoms with Crippen LogP contribution in [-0.4, -0.2) is 37.7 Å². The van der Waals surface area contributed by atoms with Crippen molar-refractivity contribution in [3.05, 3.63) is 0 Å². The Morgan fingerprint density at radius 2 is 2.36 bits per heavy atom. The topological polar surface area (TPSA) is 21.7 Å². The molecule has 0 aromatic rings. The lowest BCUT2D eigenvalue weighted by Crippen LogP contribution is -2.23. The number of hydrogen-bond donors (Lipinski definition) is 0. The highest BCUT2D eigenvalue weighted by Crippen LogP contribution is 2.12. The van der Waals surface area contributed by atoms with Crippen LogP contribution in [0.3, 0.4) is 0 Å². The van der Waals surface area contributed by atoms with Crippen molar-refractivity contribution < 1.29 is 9.78 Å². The smallest absolute Gasteiger partial charge is 0.107 e. The molecule has 3 heteroatoms. The highest BCUT2D eigenvalue weighted by molar-refractivity contribution is 4.74. The average molecular weight is 159 g/mol. The molecule has 0 aromatic carbocycles. The van der Waals surface area contributed by atoms with Gasteiger partial charge in [0.15, 0.2) is 0 Å². The van der Waals surface area contributed by atoms with Crippen LogP contribution in [0.5, 0.6) is 0 Å². The van der Waals surface area contributed by atoms with Gasteiger partial charge in [-0.05, 0) is 19.4 Å². The Hall–Kier alpha value is -0.120. The van der Waals surface area contributed by atoms with E-state index in [0.29, 0.717) is 6.10 Å². The highest BCUT2D eigenvalue weighted by Gasteiger charge is 2.22. The van der Waals surface area contributed by atoms with Crippen LogP contribution in [0.25, 0.3) is 0 Å². The molecular formula is C8H17NO2. The third kappa shape index (κ3) is 2.77. The van der Waals surface area contributed by atoms with Crippen LogP contribution in [0.2, 0.25) is 0 Å². The molecule has 0 saturated carbocycles. The van der Waals surface area contributed by atoms with Crippen LogP contribution in [0.4, 0.5) is 0 Å². The molecule has 66 valence electrons. The van der Waals surface area contributed by atoms with E-state index < -0.39 is 0 Å². The van der Waals surface area contributed by atoms with E-state index >= 15 is 0 Å². The first-order chi connectivity index (χ1) is 5.36. The van der Waals surface area contributed by atoms with Gasteiger partial charge < -0.3 is 4.90 Å². The molecule has 0 bridgehead atoms. The molecule has 0 aliphatic carbocycles. The van der Waals surface area contributed by atoms with Gasteiger partial charge in [-0.3, -0.25) is 0 Å². The SMILES string of the molecule is CCCN1CC[C@H](OOC)C1. The third-order valence-electron chi connectivity index (χ3n) is 2.00. The molecule has 1 heterocycles. The predicted molar refractivity (Wildman–Crippen MR) is 43.2 cm³/mol. The number of likely N-dealkylation sites (tertiary alicyclic amines) is 1. The van der Waals surface area contributed by atoms with Gasteiger partial charge in [-0.1, -0.05) is 6.92 Å². The van der Waals surface area contributed by atoms with Gasteiger partial charge >= 0.3 is 0 Å². The van der Waals surface area contributed by atoms with Crippen LogP contribution >= 0.6 is 0 Å². The van der Waals surface area contributed by atoms with Crippen molar-refractivity contribution in [3.8, 4) is 0 Å². The molecule has 0 N–H and O–H groups in total. The van der Waals surface area contributed by atoms with E-state index in [2.05, 4.69) is 16.7 Å². The average Bonchev–Trinajstić information content (AvgIpc) is 2.38. The van der Waals surface area contributed by atoms with Gasteiger partial charge in [-0.25, -0.2) is 9.78 Å². The largest absolute Gasteiger partial charge is 0.301 e. The van der Waals surface area contributed by atoms with E-state index in [0.717, 1.165) is 19.5 Å². The number of nitrogens with zero attached hydrogens (tertiary/aromatic N) is 1. The normalized spacial score (nSPS) is 26.2. The van der Waals surface area contributed by atoms with Crippen molar-refractivity contribution in [2.45, 2.75) is 25.9 Å². The number of hydrogen-bond acceptors (Lipinski definition) is 3. The zero-order valence-electron chi connectivity index (χ0n) is 7.38. The molecule has 0 radical (unpaired) electrons. The second-order valence-corrected chi connectivity index (χ2v) is 2.97. The molecule has 3 nitrogen and oxygen atoms in total. The molecule has 11 heavy (non-hydrogen) atoms. The van der Waals surface area contributed by atoms with E-state index in [4.69, 9.17) is 4.89 Å². The zero-order chi connectivity index (χ0) is 8.10. The Balaban J connectivity index is 2.12. The first-order valence-electron chi connectivity index (χ1n) is 4.28. The molecule has 0 aromatic heterocycles. The maximum atomic E-state index is 5.04. The molecule has 1 aliphatic rings. The summed E-state index contributed by atoms with van der Waals surface area (Å²) in [5.74, 6) is 0. The summed E-state index contributed by atoms with van der Waals surface area (Å²) in [5, 5.41) is 0. The van der Waals surface area contributed by atoms with Crippen molar-refractivity contribution in [2.75, 3.05) is 26.7 Å². The molecule has 1 fully saturated rings. The van der Waals surface area contributed by atoms with E-state index in [1.54, 1.807) is 7.11 Å². The van der Waals surface area contributed by atoms with Gasteiger partial charge in [0.1, 0.15) is 6.10 Å². The van der Waals surface area contributed by atoms with Crippen LogP contribution < -0.4 is 0 Å². The van der Waals surface area contributed by atoms with Crippen molar-refractivity contribution in [3.63, 3.8) is 0 Å². The van der Waals surface area contributed by atoms with E-state index in [9.17, 15) is 0 Å². The maximum absolute atomic E-state index is 5.04. The lowest BCUT2D eigenvalue weighted by molar-refractivity contribution is -0.300. The van der Waals surface area contributed by atoms with Gasteiger partial charge in [0.05, 0.1) is 7.11 Å². The zero-order valence-corrected chi connectivity index (χ0v) is 7.38. The van der Waals surface area contributed by atoms with Crippen LogP contribution in [-0.2, 0) is 9.78 Å². The van der Waals surface area contributed by atoms with Crippen molar-refractivity contribution >= 4 is 0 Å². The first kappa shape index (κ1) is 8.97. The second-order valence-electron chi connectivity index (χ2n) is 2.97. The summed E-state index contributed by atoms with van der Waals surface area (Å²) in [6.07, 6.45) is 2.62. The fourth-order valence-electron chi connectivity index (χ4n) is 1.53. The molecule has 1 rings (SSSR count). The summed E-state index contributed by atoms with van der Waals surface area (Å²) < 4.78 is 0. The summed E-state index contributed by atoms with van der Waals surface area (Å²) in [6, 6.07) is 0. The van der Waals surface area contributed by atoms with Crippen LogP contribution in [0, 0.1) is 0 Å². The maximum Gasteiger partial charge on any atom is 0.107 e. The second kappa shape index (κ2) is 4.70. The van der Waals surface area contributed by atoms with Crippen LogP contribution in [0.1, 0.15) is 19.8 Å². The van der Waals surface area contributed by atoms with Gasteiger partial charge in [0.25, 0.3) is 0 Å². The molecular weight excluding hydrogens is 142 g/mol. The fraction of sp³-hybridized carbons (Fsp3) is 1.00. The standard InChI is InChI=1S/C8H17NO2/c1-3-5-9-6-4-8(7-9)11-10-2/h8H,3-7H2,1-2H3/t8-/m0/s1. The van der Waals surface area contributed by atoms with Crippen molar-refractivity contribution in [2.24, 2.45) is 0 Å². The van der Waals surface area contributed by atoms with E-state index in [1.165, 1.54) is 13.0 Å². The minimum absolute atomic E-state index is 0.298. The highest BCUT2D eigenvalue weighted by atomic mass is 17.2. The quantitative estimate of drug-likeness (QED) is 0.452. The van der Waals surface area contributed by atoms with Gasteiger partial charge in [-0.15, -0.1) is 0 Å². The third-order valence-corrected chi connectivity index (χ3v) is 2.00. The molecule has 0 spiro atoms.